The van der Waals surface area contributed by atoms with E-state index in [1.165, 1.54) is 34.1 Å². The van der Waals surface area contributed by atoms with Crippen molar-refractivity contribution in [1.82, 2.24) is 0 Å². The molecule has 2 heterocycles. The quantitative estimate of drug-likeness (QED) is 0.442. The predicted octanol–water partition coefficient (Wildman–Crippen LogP) is 2.86. The standard InChI is InChI=1S/C17H14ClN3O5S/c18-11-1-3-12(4-2-11)19-15-9-27(25,26)10-16(15)20(17(19)22)13-5-7-14(8-6-13)21(23)24/h1-8,15-16H,9-10H2. The van der Waals surface area contributed by atoms with Crippen molar-refractivity contribution in [1.29, 1.82) is 0 Å². The van der Waals surface area contributed by atoms with E-state index in [0.29, 0.717) is 16.4 Å². The molecule has 2 aromatic rings. The second-order valence-corrected chi connectivity index (χ2v) is 9.07. The van der Waals surface area contributed by atoms with Crippen LogP contribution in [0.25, 0.3) is 0 Å². The first-order chi connectivity index (χ1) is 12.8. The minimum atomic E-state index is -3.31. The summed E-state index contributed by atoms with van der Waals surface area (Å²) < 4.78 is 24.5. The van der Waals surface area contributed by atoms with Crippen molar-refractivity contribution < 1.29 is 18.1 Å². The molecule has 2 aliphatic heterocycles. The number of urea groups is 1. The van der Waals surface area contributed by atoms with Crippen LogP contribution >= 0.6 is 11.6 Å². The van der Waals surface area contributed by atoms with Crippen LogP contribution < -0.4 is 9.80 Å². The minimum Gasteiger partial charge on any atom is -0.288 e. The lowest BCUT2D eigenvalue weighted by atomic mass is 10.1. The predicted molar refractivity (Wildman–Crippen MR) is 101 cm³/mol. The Morgan fingerprint density at radius 3 is 1.81 bits per heavy atom. The van der Waals surface area contributed by atoms with Gasteiger partial charge in [-0.25, -0.2) is 13.2 Å². The Hall–Kier alpha value is -2.65. The molecule has 2 saturated heterocycles. The summed E-state index contributed by atoms with van der Waals surface area (Å²) in [6.45, 7) is 0. The van der Waals surface area contributed by atoms with Gasteiger partial charge in [0.25, 0.3) is 5.69 Å². The SMILES string of the molecule is O=C1N(c2ccc(Cl)cc2)C2CS(=O)(=O)CC2N1c1ccc([N+](=O)[O-])cc1. The van der Waals surface area contributed by atoms with E-state index in [0.717, 1.165) is 0 Å². The molecule has 10 heteroatoms. The molecule has 8 nitrogen and oxygen atoms in total. The molecule has 0 saturated carbocycles. The van der Waals surface area contributed by atoms with Crippen LogP contribution in [-0.4, -0.2) is 43.0 Å². The van der Waals surface area contributed by atoms with E-state index in [1.807, 2.05) is 0 Å². The normalized spacial score (nSPS) is 23.5. The Morgan fingerprint density at radius 1 is 0.926 bits per heavy atom. The number of halogens is 1. The van der Waals surface area contributed by atoms with E-state index in [9.17, 15) is 23.3 Å². The van der Waals surface area contributed by atoms with Crippen molar-refractivity contribution in [2.75, 3.05) is 21.3 Å². The monoisotopic (exact) mass is 407 g/mol. The second-order valence-electron chi connectivity index (χ2n) is 6.48. The third kappa shape index (κ3) is 3.02. The van der Waals surface area contributed by atoms with Crippen LogP contribution in [0, 0.1) is 10.1 Å². The number of hydrogen-bond donors (Lipinski definition) is 0. The number of nitro groups is 1. The number of nitro benzene ring substituents is 1. The molecule has 2 fully saturated rings. The maximum atomic E-state index is 13.1. The fraction of sp³-hybridized carbons (Fsp3) is 0.235. The van der Waals surface area contributed by atoms with Crippen LogP contribution in [-0.2, 0) is 9.84 Å². The van der Waals surface area contributed by atoms with Crippen LogP contribution in [0.3, 0.4) is 0 Å². The number of benzene rings is 2. The van der Waals surface area contributed by atoms with Crippen molar-refractivity contribution in [3.05, 3.63) is 63.7 Å². The second kappa shape index (κ2) is 6.21. The molecule has 0 N–H and O–H groups in total. The first-order valence-electron chi connectivity index (χ1n) is 8.10. The van der Waals surface area contributed by atoms with Gasteiger partial charge in [0.1, 0.15) is 0 Å². The highest BCUT2D eigenvalue weighted by molar-refractivity contribution is 7.91. The number of nitrogens with zero attached hydrogens (tertiary/aromatic N) is 3. The number of hydrogen-bond acceptors (Lipinski definition) is 5. The van der Waals surface area contributed by atoms with Gasteiger partial charge < -0.3 is 0 Å². The Morgan fingerprint density at radius 2 is 1.37 bits per heavy atom. The molecule has 27 heavy (non-hydrogen) atoms. The van der Waals surface area contributed by atoms with E-state index in [-0.39, 0.29) is 23.2 Å². The number of anilines is 2. The number of rotatable bonds is 3. The number of carbonyl (C=O) groups is 1. The molecule has 0 radical (unpaired) electrons. The van der Waals surface area contributed by atoms with Crippen LogP contribution in [0.4, 0.5) is 21.9 Å². The van der Waals surface area contributed by atoms with Crippen LogP contribution in [0.5, 0.6) is 0 Å². The van der Waals surface area contributed by atoms with Gasteiger partial charge in [-0.1, -0.05) is 11.6 Å². The van der Waals surface area contributed by atoms with Crippen molar-refractivity contribution in [2.24, 2.45) is 0 Å². The smallest absolute Gasteiger partial charge is 0.288 e. The van der Waals surface area contributed by atoms with Crippen LogP contribution in [0.1, 0.15) is 0 Å². The summed E-state index contributed by atoms with van der Waals surface area (Å²) in [7, 11) is -3.31. The Balaban J connectivity index is 1.76. The average molecular weight is 408 g/mol. The molecule has 140 valence electrons. The number of amides is 2. The minimum absolute atomic E-state index is 0.101. The zero-order valence-corrected chi connectivity index (χ0v) is 15.4. The zero-order chi connectivity index (χ0) is 19.3. The summed E-state index contributed by atoms with van der Waals surface area (Å²) in [5.41, 5.74) is 0.880. The average Bonchev–Trinajstić information content (AvgIpc) is 3.05. The first-order valence-corrected chi connectivity index (χ1v) is 10.3. The molecule has 4 rings (SSSR count). The van der Waals surface area contributed by atoms with Gasteiger partial charge in [0.15, 0.2) is 9.84 Å². The topological polar surface area (TPSA) is 101 Å². The summed E-state index contributed by atoms with van der Waals surface area (Å²) in [5, 5.41) is 11.4. The molecule has 2 unspecified atom stereocenters. The maximum Gasteiger partial charge on any atom is 0.329 e. The lowest BCUT2D eigenvalue weighted by molar-refractivity contribution is -0.384. The van der Waals surface area contributed by atoms with Gasteiger partial charge >= 0.3 is 6.03 Å². The maximum absolute atomic E-state index is 13.1. The van der Waals surface area contributed by atoms with Gasteiger partial charge in [-0.3, -0.25) is 19.9 Å². The summed E-state index contributed by atoms with van der Waals surface area (Å²) in [6, 6.07) is 10.7. The number of carbonyl (C=O) groups excluding carboxylic acids is 1. The Labute approximate surface area is 160 Å². The highest BCUT2D eigenvalue weighted by Crippen LogP contribution is 2.38. The lowest BCUT2D eigenvalue weighted by Crippen LogP contribution is -2.37. The first kappa shape index (κ1) is 17.7. The van der Waals surface area contributed by atoms with Crippen molar-refractivity contribution >= 4 is 44.5 Å². The highest BCUT2D eigenvalue weighted by Gasteiger charge is 2.54. The molecule has 2 amide bonds. The molecule has 2 aromatic carbocycles. The zero-order valence-electron chi connectivity index (χ0n) is 13.9. The number of sulfone groups is 1. The Kier molecular flexibility index (Phi) is 4.08. The molecule has 2 aliphatic rings. The molecule has 0 aromatic heterocycles. The molecular formula is C17H14ClN3O5S. The van der Waals surface area contributed by atoms with Crippen molar-refractivity contribution in [3.63, 3.8) is 0 Å². The molecular weight excluding hydrogens is 394 g/mol. The van der Waals surface area contributed by atoms with Gasteiger partial charge in [-0.05, 0) is 36.4 Å². The Bertz CT molecular complexity index is 1020. The molecule has 0 aliphatic carbocycles. The summed E-state index contributed by atoms with van der Waals surface area (Å²) in [4.78, 5) is 26.3. The largest absolute Gasteiger partial charge is 0.329 e. The third-order valence-electron chi connectivity index (χ3n) is 4.81. The van der Waals surface area contributed by atoms with E-state index < -0.39 is 26.8 Å². The van der Waals surface area contributed by atoms with Crippen molar-refractivity contribution in [2.45, 2.75) is 12.1 Å². The van der Waals surface area contributed by atoms with Crippen molar-refractivity contribution in [3.8, 4) is 0 Å². The fourth-order valence-electron chi connectivity index (χ4n) is 3.64. The third-order valence-corrected chi connectivity index (χ3v) is 6.76. The van der Waals surface area contributed by atoms with E-state index in [2.05, 4.69) is 0 Å². The van der Waals surface area contributed by atoms with E-state index >= 15 is 0 Å². The number of non-ortho nitro benzene ring substituents is 1. The summed E-state index contributed by atoms with van der Waals surface area (Å²) in [5.74, 6) is -0.278. The number of fused-ring (bicyclic) bond motifs is 1. The van der Waals surface area contributed by atoms with E-state index in [1.54, 1.807) is 24.3 Å². The van der Waals surface area contributed by atoms with Gasteiger partial charge in [0, 0.05) is 28.5 Å². The highest BCUT2D eigenvalue weighted by atomic mass is 35.5. The van der Waals surface area contributed by atoms with Gasteiger partial charge in [-0.2, -0.15) is 0 Å². The molecule has 2 atom stereocenters. The summed E-state index contributed by atoms with van der Waals surface area (Å²) in [6.07, 6.45) is 0. The fourth-order valence-corrected chi connectivity index (χ4v) is 5.69. The van der Waals surface area contributed by atoms with Crippen LogP contribution in [0.2, 0.25) is 5.02 Å². The molecule has 0 spiro atoms. The van der Waals surface area contributed by atoms with Gasteiger partial charge in [-0.15, -0.1) is 0 Å². The van der Waals surface area contributed by atoms with E-state index in [4.69, 9.17) is 11.6 Å². The summed E-state index contributed by atoms with van der Waals surface area (Å²) >= 11 is 5.91. The van der Waals surface area contributed by atoms with Gasteiger partial charge in [0.2, 0.25) is 0 Å². The molecule has 0 bridgehead atoms. The van der Waals surface area contributed by atoms with Crippen LogP contribution in [0.15, 0.2) is 48.5 Å². The lowest BCUT2D eigenvalue weighted by Gasteiger charge is -2.22. The van der Waals surface area contributed by atoms with Gasteiger partial charge in [0.05, 0.1) is 28.5 Å².